The second kappa shape index (κ2) is 6.02. The van der Waals surface area contributed by atoms with Crippen LogP contribution in [0.15, 0.2) is 17.0 Å². The maximum Gasteiger partial charge on any atom is 0.264 e. The largest absolute Gasteiger partial charge is 0.493 e. The molecule has 1 unspecified atom stereocenters. The van der Waals surface area contributed by atoms with E-state index in [1.165, 1.54) is 6.07 Å². The molecule has 1 aliphatic rings. The standard InChI is InChI=1S/C15H22ClFO4SSi/c1-15(2,3)23(4,5)21-12-6-7-20-13-9-14(22(16,18)19)11(17)8-10(12)13/h8-9,12H,6-7H2,1-5H3. The summed E-state index contributed by atoms with van der Waals surface area (Å²) >= 11 is 0. The molecule has 1 aliphatic heterocycles. The van der Waals surface area contributed by atoms with Crippen molar-refractivity contribution >= 4 is 28.1 Å². The van der Waals surface area contributed by atoms with E-state index in [-0.39, 0.29) is 11.1 Å². The van der Waals surface area contributed by atoms with E-state index in [1.807, 2.05) is 0 Å². The molecule has 0 aliphatic carbocycles. The minimum Gasteiger partial charge on any atom is -0.493 e. The van der Waals surface area contributed by atoms with Crippen molar-refractivity contribution in [2.75, 3.05) is 6.61 Å². The summed E-state index contributed by atoms with van der Waals surface area (Å²) in [5.74, 6) is -0.561. The molecule has 4 nitrogen and oxygen atoms in total. The van der Waals surface area contributed by atoms with Gasteiger partial charge in [-0.15, -0.1) is 0 Å². The summed E-state index contributed by atoms with van der Waals surface area (Å²) in [6, 6.07) is 2.32. The highest BCUT2D eigenvalue weighted by Crippen LogP contribution is 2.44. The minimum absolute atomic E-state index is 0.0173. The lowest BCUT2D eigenvalue weighted by atomic mass is 10.0. The molecule has 0 radical (unpaired) electrons. The van der Waals surface area contributed by atoms with Gasteiger partial charge < -0.3 is 9.16 Å². The third-order valence-corrected chi connectivity index (χ3v) is 10.4. The first kappa shape index (κ1) is 18.7. The molecule has 0 aromatic heterocycles. The van der Waals surface area contributed by atoms with E-state index in [0.29, 0.717) is 24.3 Å². The van der Waals surface area contributed by atoms with Crippen LogP contribution in [-0.2, 0) is 13.5 Å². The molecule has 1 heterocycles. The Morgan fingerprint density at radius 1 is 1.35 bits per heavy atom. The van der Waals surface area contributed by atoms with Crippen LogP contribution in [0.1, 0.15) is 38.9 Å². The molecule has 23 heavy (non-hydrogen) atoms. The van der Waals surface area contributed by atoms with Crippen molar-refractivity contribution in [2.24, 2.45) is 0 Å². The molecule has 0 saturated heterocycles. The lowest BCUT2D eigenvalue weighted by molar-refractivity contribution is 0.121. The van der Waals surface area contributed by atoms with Gasteiger partial charge in [-0.2, -0.15) is 0 Å². The zero-order valence-electron chi connectivity index (χ0n) is 13.9. The van der Waals surface area contributed by atoms with Crippen molar-refractivity contribution in [3.63, 3.8) is 0 Å². The smallest absolute Gasteiger partial charge is 0.264 e. The van der Waals surface area contributed by atoms with Crippen LogP contribution in [0.3, 0.4) is 0 Å². The second-order valence-electron chi connectivity index (χ2n) is 7.26. The number of benzene rings is 1. The third kappa shape index (κ3) is 3.89. The highest BCUT2D eigenvalue weighted by atomic mass is 35.7. The van der Waals surface area contributed by atoms with E-state index >= 15 is 0 Å². The third-order valence-electron chi connectivity index (χ3n) is 4.55. The normalized spacial score (nSPS) is 19.2. The van der Waals surface area contributed by atoms with Gasteiger partial charge in [-0.05, 0) is 24.2 Å². The van der Waals surface area contributed by atoms with Gasteiger partial charge in [0, 0.05) is 28.7 Å². The number of ether oxygens (including phenoxy) is 1. The quantitative estimate of drug-likeness (QED) is 0.568. The van der Waals surface area contributed by atoms with Crippen molar-refractivity contribution in [3.8, 4) is 5.75 Å². The Kier molecular flexibility index (Phi) is 4.90. The fourth-order valence-electron chi connectivity index (χ4n) is 2.20. The number of hydrogen-bond donors (Lipinski definition) is 0. The molecule has 1 atom stereocenters. The van der Waals surface area contributed by atoms with E-state index in [0.717, 1.165) is 6.07 Å². The Balaban J connectivity index is 2.43. The Morgan fingerprint density at radius 2 is 1.96 bits per heavy atom. The van der Waals surface area contributed by atoms with Crippen molar-refractivity contribution < 1.29 is 22.0 Å². The molecule has 0 saturated carbocycles. The van der Waals surface area contributed by atoms with E-state index in [4.69, 9.17) is 19.8 Å². The lowest BCUT2D eigenvalue weighted by Gasteiger charge is -2.40. The van der Waals surface area contributed by atoms with Gasteiger partial charge in [-0.25, -0.2) is 12.8 Å². The number of halogens is 2. The van der Waals surface area contributed by atoms with Gasteiger partial charge >= 0.3 is 0 Å². The highest BCUT2D eigenvalue weighted by Gasteiger charge is 2.41. The first-order valence-corrected chi connectivity index (χ1v) is 12.6. The van der Waals surface area contributed by atoms with Crippen LogP contribution in [0.2, 0.25) is 18.1 Å². The Morgan fingerprint density at radius 3 is 2.48 bits per heavy atom. The fraction of sp³-hybridized carbons (Fsp3) is 0.600. The van der Waals surface area contributed by atoms with Gasteiger partial charge in [0.1, 0.15) is 16.5 Å². The van der Waals surface area contributed by atoms with Crippen molar-refractivity contribution in [1.82, 2.24) is 0 Å². The molecule has 0 bridgehead atoms. The van der Waals surface area contributed by atoms with Crippen molar-refractivity contribution in [1.29, 1.82) is 0 Å². The average Bonchev–Trinajstić information content (AvgIpc) is 2.36. The van der Waals surface area contributed by atoms with Crippen LogP contribution in [-0.4, -0.2) is 23.3 Å². The molecular weight excluding hydrogens is 359 g/mol. The molecule has 1 aromatic rings. The Labute approximate surface area is 142 Å². The molecule has 8 heteroatoms. The zero-order valence-corrected chi connectivity index (χ0v) is 16.5. The SMILES string of the molecule is CC(C)(C)[Si](C)(C)OC1CCOc2cc(S(=O)(=O)Cl)c(F)cc21. The Bertz CT molecular complexity index is 713. The van der Waals surface area contributed by atoms with Crippen molar-refractivity contribution in [2.45, 2.75) is 56.3 Å². The van der Waals surface area contributed by atoms with E-state index in [9.17, 15) is 12.8 Å². The van der Waals surface area contributed by atoms with Crippen LogP contribution in [0.25, 0.3) is 0 Å². The summed E-state index contributed by atoms with van der Waals surface area (Å²) in [4.78, 5) is -0.564. The van der Waals surface area contributed by atoms with E-state index < -0.39 is 28.1 Å². The first-order chi connectivity index (χ1) is 10.3. The molecule has 0 spiro atoms. The summed E-state index contributed by atoms with van der Waals surface area (Å²) in [7, 11) is -0.947. The van der Waals surface area contributed by atoms with Crippen LogP contribution in [0.5, 0.6) is 5.75 Å². The van der Waals surface area contributed by atoms with Gasteiger partial charge in [0.25, 0.3) is 9.05 Å². The summed E-state index contributed by atoms with van der Waals surface area (Å²) < 4.78 is 48.9. The second-order valence-corrected chi connectivity index (χ2v) is 14.6. The van der Waals surface area contributed by atoms with Crippen LogP contribution >= 0.6 is 10.7 Å². The predicted octanol–water partition coefficient (Wildman–Crippen LogP) is 4.60. The number of fused-ring (bicyclic) bond motifs is 1. The molecule has 1 aromatic carbocycles. The first-order valence-electron chi connectivity index (χ1n) is 7.41. The minimum atomic E-state index is -4.16. The maximum absolute atomic E-state index is 14.2. The van der Waals surface area contributed by atoms with Crippen LogP contribution in [0, 0.1) is 5.82 Å². The van der Waals surface area contributed by atoms with Crippen molar-refractivity contribution in [3.05, 3.63) is 23.5 Å². The zero-order chi connectivity index (χ0) is 17.6. The Hall–Kier alpha value is -0.633. The molecular formula is C15H22ClFO4SSi. The fourth-order valence-corrected chi connectivity index (χ4v) is 4.40. The number of hydrogen-bond acceptors (Lipinski definition) is 4. The van der Waals surface area contributed by atoms with Gasteiger partial charge in [-0.3, -0.25) is 0 Å². The van der Waals surface area contributed by atoms with Crippen LogP contribution < -0.4 is 4.74 Å². The summed E-state index contributed by atoms with van der Waals surface area (Å²) in [6.45, 7) is 11.0. The monoisotopic (exact) mass is 380 g/mol. The molecule has 2 rings (SSSR count). The molecule has 130 valence electrons. The van der Waals surface area contributed by atoms with Gasteiger partial charge in [-0.1, -0.05) is 20.8 Å². The number of rotatable bonds is 3. The van der Waals surface area contributed by atoms with Gasteiger partial charge in [0.05, 0.1) is 12.7 Å². The average molecular weight is 381 g/mol. The van der Waals surface area contributed by atoms with E-state index in [2.05, 4.69) is 33.9 Å². The topological polar surface area (TPSA) is 52.6 Å². The van der Waals surface area contributed by atoms with E-state index in [1.54, 1.807) is 0 Å². The molecule has 0 N–H and O–H groups in total. The predicted molar refractivity (Wildman–Crippen MR) is 90.6 cm³/mol. The summed E-state index contributed by atoms with van der Waals surface area (Å²) in [5.41, 5.74) is 0.544. The van der Waals surface area contributed by atoms with Gasteiger partial charge in [0.15, 0.2) is 8.32 Å². The lowest BCUT2D eigenvalue weighted by Crippen LogP contribution is -2.42. The maximum atomic E-state index is 14.2. The molecule has 0 fully saturated rings. The van der Waals surface area contributed by atoms with Gasteiger partial charge in [0.2, 0.25) is 0 Å². The summed E-state index contributed by atoms with van der Waals surface area (Å²) in [5, 5.41) is 0.0173. The molecule has 0 amide bonds. The highest BCUT2D eigenvalue weighted by molar-refractivity contribution is 8.13. The van der Waals surface area contributed by atoms with Crippen LogP contribution in [0.4, 0.5) is 4.39 Å². The summed E-state index contributed by atoms with van der Waals surface area (Å²) in [6.07, 6.45) is 0.299.